The SMILES string of the molecule is CCC(c1cc(C(C)C)c(C(C)C)c(C(C)C)c1)c1cc(C(C)C)c(C(C)C)c(C(C)C)c1. The fourth-order valence-corrected chi connectivity index (χ4v) is 5.76. The minimum absolute atomic E-state index is 0.442. The largest absolute Gasteiger partial charge is 0.0645 e. The summed E-state index contributed by atoms with van der Waals surface area (Å²) >= 11 is 0. The number of benzene rings is 2. The molecule has 0 aliphatic rings. The van der Waals surface area contributed by atoms with Gasteiger partial charge in [-0.25, -0.2) is 0 Å². The van der Waals surface area contributed by atoms with Crippen molar-refractivity contribution in [1.82, 2.24) is 0 Å². The molecule has 0 aliphatic heterocycles. The van der Waals surface area contributed by atoms with Gasteiger partial charge in [-0.05, 0) is 86.4 Å². The molecule has 0 bridgehead atoms. The van der Waals surface area contributed by atoms with Gasteiger partial charge in [-0.1, -0.05) is 114 Å². The summed E-state index contributed by atoms with van der Waals surface area (Å²) in [6.07, 6.45) is 1.13. The summed E-state index contributed by atoms with van der Waals surface area (Å²) in [5, 5.41) is 0. The van der Waals surface area contributed by atoms with Crippen molar-refractivity contribution in [2.24, 2.45) is 0 Å². The van der Waals surface area contributed by atoms with Crippen molar-refractivity contribution < 1.29 is 0 Å². The van der Waals surface area contributed by atoms with Gasteiger partial charge in [-0.2, -0.15) is 0 Å². The predicted octanol–water partition coefficient (Wildman–Crippen LogP) is 11.0. The van der Waals surface area contributed by atoms with Crippen molar-refractivity contribution in [3.63, 3.8) is 0 Å². The van der Waals surface area contributed by atoms with Gasteiger partial charge in [0.25, 0.3) is 0 Å². The Balaban J connectivity index is 2.85. The van der Waals surface area contributed by atoms with E-state index in [-0.39, 0.29) is 0 Å². The third-order valence-electron chi connectivity index (χ3n) is 7.39. The van der Waals surface area contributed by atoms with E-state index in [1.54, 1.807) is 33.4 Å². The zero-order chi connectivity index (χ0) is 25.2. The first kappa shape index (κ1) is 27.7. The van der Waals surface area contributed by atoms with E-state index in [1.807, 2.05) is 0 Å². The monoisotopic (exact) mass is 448 g/mol. The Kier molecular flexibility index (Phi) is 9.43. The Hall–Kier alpha value is -1.56. The van der Waals surface area contributed by atoms with Crippen LogP contribution in [0.15, 0.2) is 24.3 Å². The second kappa shape index (κ2) is 11.2. The molecule has 0 fully saturated rings. The molecule has 0 heterocycles. The molecule has 2 aromatic carbocycles. The smallest absolute Gasteiger partial charge is 0.00871 e. The first-order valence-electron chi connectivity index (χ1n) is 13.7. The molecule has 0 nitrogen and oxygen atoms in total. The quantitative estimate of drug-likeness (QED) is 0.358. The van der Waals surface area contributed by atoms with Crippen LogP contribution in [0.25, 0.3) is 0 Å². The van der Waals surface area contributed by atoms with E-state index in [1.165, 1.54) is 11.1 Å². The van der Waals surface area contributed by atoms with Crippen LogP contribution in [0.1, 0.15) is 182 Å². The third-order valence-corrected chi connectivity index (χ3v) is 7.39. The standard InChI is InChI=1S/C33H52/c1-14-27(25-15-28(19(2)3)32(23(10)11)29(16-25)20(4)5)26-17-30(21(6)7)33(24(12)13)31(18-26)22(8)9/h15-24,27H,14H2,1-13H3. The highest BCUT2D eigenvalue weighted by atomic mass is 14.3. The molecule has 0 N–H and O–H groups in total. The van der Waals surface area contributed by atoms with Crippen molar-refractivity contribution in [2.45, 2.75) is 138 Å². The highest BCUT2D eigenvalue weighted by Crippen LogP contribution is 2.41. The third kappa shape index (κ3) is 5.93. The normalized spacial score (nSPS) is 12.6. The van der Waals surface area contributed by atoms with Crippen molar-refractivity contribution in [3.05, 3.63) is 68.8 Å². The summed E-state index contributed by atoms with van der Waals surface area (Å²) in [6.45, 7) is 30.7. The zero-order valence-electron chi connectivity index (χ0n) is 24.1. The van der Waals surface area contributed by atoms with Gasteiger partial charge in [-0.3, -0.25) is 0 Å². The molecule has 0 radical (unpaired) electrons. The van der Waals surface area contributed by atoms with Crippen LogP contribution < -0.4 is 0 Å². The van der Waals surface area contributed by atoms with Crippen LogP contribution in [0.3, 0.4) is 0 Å². The molecule has 2 aromatic rings. The van der Waals surface area contributed by atoms with E-state index in [0.717, 1.165) is 6.42 Å². The summed E-state index contributed by atoms with van der Waals surface area (Å²) in [7, 11) is 0. The molecule has 184 valence electrons. The molecule has 0 atom stereocenters. The second-order valence-corrected chi connectivity index (χ2v) is 12.1. The van der Waals surface area contributed by atoms with E-state index < -0.39 is 0 Å². The van der Waals surface area contributed by atoms with Crippen molar-refractivity contribution in [3.8, 4) is 0 Å². The number of hydrogen-bond donors (Lipinski definition) is 0. The lowest BCUT2D eigenvalue weighted by atomic mass is 9.76. The van der Waals surface area contributed by atoms with Crippen LogP contribution in [0.2, 0.25) is 0 Å². The van der Waals surface area contributed by atoms with Gasteiger partial charge >= 0.3 is 0 Å². The molecular formula is C33H52. The van der Waals surface area contributed by atoms with Crippen molar-refractivity contribution in [2.75, 3.05) is 0 Å². The Labute approximate surface area is 206 Å². The van der Waals surface area contributed by atoms with Crippen LogP contribution in [-0.2, 0) is 0 Å². The fourth-order valence-electron chi connectivity index (χ4n) is 5.76. The summed E-state index contributed by atoms with van der Waals surface area (Å²) in [4.78, 5) is 0. The summed E-state index contributed by atoms with van der Waals surface area (Å²) < 4.78 is 0. The summed E-state index contributed by atoms with van der Waals surface area (Å²) in [6, 6.07) is 10.2. The molecule has 0 saturated carbocycles. The Morgan fingerprint density at radius 2 is 0.667 bits per heavy atom. The van der Waals surface area contributed by atoms with Crippen molar-refractivity contribution >= 4 is 0 Å². The lowest BCUT2D eigenvalue weighted by molar-refractivity contribution is 0.712. The molecule has 0 heteroatoms. The topological polar surface area (TPSA) is 0 Å². The molecule has 33 heavy (non-hydrogen) atoms. The van der Waals surface area contributed by atoms with Gasteiger partial charge in [0.2, 0.25) is 0 Å². The second-order valence-electron chi connectivity index (χ2n) is 12.1. The Morgan fingerprint density at radius 1 is 0.424 bits per heavy atom. The average molecular weight is 449 g/mol. The molecule has 0 aliphatic carbocycles. The van der Waals surface area contributed by atoms with E-state index in [2.05, 4.69) is 114 Å². The average Bonchev–Trinajstić information content (AvgIpc) is 2.72. The zero-order valence-corrected chi connectivity index (χ0v) is 24.1. The summed E-state index contributed by atoms with van der Waals surface area (Å²) in [5.74, 6) is 3.71. The first-order chi connectivity index (χ1) is 15.3. The van der Waals surface area contributed by atoms with Gasteiger partial charge in [0, 0.05) is 5.92 Å². The lowest BCUT2D eigenvalue weighted by Gasteiger charge is -2.29. The first-order valence-corrected chi connectivity index (χ1v) is 13.7. The maximum absolute atomic E-state index is 2.56. The fraction of sp³-hybridized carbons (Fsp3) is 0.636. The van der Waals surface area contributed by atoms with Gasteiger partial charge in [0.15, 0.2) is 0 Å². The van der Waals surface area contributed by atoms with Gasteiger partial charge < -0.3 is 0 Å². The van der Waals surface area contributed by atoms with Crippen LogP contribution in [0, 0.1) is 0 Å². The minimum atomic E-state index is 0.442. The molecular weight excluding hydrogens is 396 g/mol. The molecule has 0 saturated heterocycles. The molecule has 2 rings (SSSR count). The highest BCUT2D eigenvalue weighted by Gasteiger charge is 2.24. The number of hydrogen-bond acceptors (Lipinski definition) is 0. The van der Waals surface area contributed by atoms with Crippen LogP contribution in [0.4, 0.5) is 0 Å². The van der Waals surface area contributed by atoms with Crippen molar-refractivity contribution in [1.29, 1.82) is 0 Å². The molecule has 0 amide bonds. The van der Waals surface area contributed by atoms with Gasteiger partial charge in [-0.15, -0.1) is 0 Å². The maximum atomic E-state index is 2.56. The summed E-state index contributed by atoms with van der Waals surface area (Å²) in [5.41, 5.74) is 12.4. The van der Waals surface area contributed by atoms with E-state index >= 15 is 0 Å². The Morgan fingerprint density at radius 3 is 0.818 bits per heavy atom. The lowest BCUT2D eigenvalue weighted by Crippen LogP contribution is -2.12. The van der Waals surface area contributed by atoms with Crippen LogP contribution in [-0.4, -0.2) is 0 Å². The van der Waals surface area contributed by atoms with E-state index in [9.17, 15) is 0 Å². The minimum Gasteiger partial charge on any atom is -0.0645 e. The molecule has 0 unspecified atom stereocenters. The van der Waals surface area contributed by atoms with Gasteiger partial charge in [0.1, 0.15) is 0 Å². The maximum Gasteiger partial charge on any atom is 0.00871 e. The molecule has 0 spiro atoms. The highest BCUT2D eigenvalue weighted by molar-refractivity contribution is 5.51. The van der Waals surface area contributed by atoms with E-state index in [4.69, 9.17) is 0 Å². The predicted molar refractivity (Wildman–Crippen MR) is 150 cm³/mol. The molecule has 0 aromatic heterocycles. The Bertz CT molecular complexity index is 788. The van der Waals surface area contributed by atoms with Crippen LogP contribution in [0.5, 0.6) is 0 Å². The van der Waals surface area contributed by atoms with Crippen LogP contribution >= 0.6 is 0 Å². The van der Waals surface area contributed by atoms with Gasteiger partial charge in [0.05, 0.1) is 0 Å². The number of rotatable bonds is 9. The van der Waals surface area contributed by atoms with E-state index in [0.29, 0.717) is 41.4 Å².